The van der Waals surface area contributed by atoms with Crippen molar-refractivity contribution in [2.24, 2.45) is 0 Å². The first-order chi connectivity index (χ1) is 12.8. The molecule has 2 fully saturated rings. The van der Waals surface area contributed by atoms with E-state index in [1.165, 1.54) is 105 Å². The molecule has 1 aliphatic heterocycles. The zero-order valence-electron chi connectivity index (χ0n) is 16.8. The van der Waals surface area contributed by atoms with Gasteiger partial charge in [-0.15, -0.1) is 0 Å². The third-order valence-electron chi connectivity index (χ3n) is 6.63. The Hall–Kier alpha value is -1.35. The van der Waals surface area contributed by atoms with Gasteiger partial charge < -0.3 is 9.47 Å². The van der Waals surface area contributed by atoms with Crippen molar-refractivity contribution >= 4 is 11.0 Å². The second-order valence-corrected chi connectivity index (χ2v) is 8.44. The Balaban J connectivity index is 1.49. The van der Waals surface area contributed by atoms with Crippen LogP contribution in [0, 0.1) is 6.92 Å². The first kappa shape index (κ1) is 18.0. The standard InChI is InChI=1S/C23H35N3/c1-3-19-17-23-22(24-18(2)26(23)21-11-4-5-12-21)16-20(19)10-6-7-13-25-14-8-9-15-25/h16-17,21H,3-15H2,1-2H3. The highest BCUT2D eigenvalue weighted by Gasteiger charge is 2.21. The van der Waals surface area contributed by atoms with Gasteiger partial charge in [0.2, 0.25) is 0 Å². The van der Waals surface area contributed by atoms with Gasteiger partial charge in [-0.25, -0.2) is 4.98 Å². The van der Waals surface area contributed by atoms with Crippen LogP contribution in [-0.2, 0) is 12.8 Å². The lowest BCUT2D eigenvalue weighted by atomic mass is 9.99. The second-order valence-electron chi connectivity index (χ2n) is 8.44. The predicted octanol–water partition coefficient (Wildman–Crippen LogP) is 5.44. The summed E-state index contributed by atoms with van der Waals surface area (Å²) in [6, 6.07) is 5.54. The molecule has 0 unspecified atom stereocenters. The number of rotatable bonds is 7. The van der Waals surface area contributed by atoms with Gasteiger partial charge in [-0.3, -0.25) is 0 Å². The molecule has 0 radical (unpaired) electrons. The molecule has 0 amide bonds. The molecule has 142 valence electrons. The maximum atomic E-state index is 4.94. The summed E-state index contributed by atoms with van der Waals surface area (Å²) in [7, 11) is 0. The van der Waals surface area contributed by atoms with Crippen LogP contribution in [0.5, 0.6) is 0 Å². The van der Waals surface area contributed by atoms with E-state index < -0.39 is 0 Å². The van der Waals surface area contributed by atoms with Gasteiger partial charge in [0.1, 0.15) is 5.82 Å². The molecule has 1 aromatic carbocycles. The monoisotopic (exact) mass is 353 g/mol. The van der Waals surface area contributed by atoms with E-state index in [1.807, 2.05) is 0 Å². The zero-order valence-corrected chi connectivity index (χ0v) is 16.8. The first-order valence-electron chi connectivity index (χ1n) is 11.0. The van der Waals surface area contributed by atoms with E-state index in [9.17, 15) is 0 Å². The minimum Gasteiger partial charge on any atom is -0.325 e. The van der Waals surface area contributed by atoms with Gasteiger partial charge in [0.05, 0.1) is 11.0 Å². The van der Waals surface area contributed by atoms with Gasteiger partial charge in [-0.2, -0.15) is 0 Å². The molecule has 1 aromatic heterocycles. The second kappa shape index (κ2) is 8.12. The number of aryl methyl sites for hydroxylation is 3. The molecule has 0 atom stereocenters. The molecule has 3 nitrogen and oxygen atoms in total. The number of unbranched alkanes of at least 4 members (excludes halogenated alkanes) is 1. The van der Waals surface area contributed by atoms with E-state index >= 15 is 0 Å². The molecule has 0 N–H and O–H groups in total. The molecule has 0 spiro atoms. The Morgan fingerprint density at radius 2 is 1.77 bits per heavy atom. The molecule has 1 saturated carbocycles. The van der Waals surface area contributed by atoms with E-state index in [1.54, 1.807) is 0 Å². The highest BCUT2D eigenvalue weighted by Crippen LogP contribution is 2.34. The summed E-state index contributed by atoms with van der Waals surface area (Å²) in [4.78, 5) is 7.58. The molecule has 26 heavy (non-hydrogen) atoms. The number of imidazole rings is 1. The van der Waals surface area contributed by atoms with Crippen molar-refractivity contribution in [2.75, 3.05) is 19.6 Å². The Bertz CT molecular complexity index is 733. The fraction of sp³-hybridized carbons (Fsp3) is 0.696. The van der Waals surface area contributed by atoms with Crippen LogP contribution in [0.2, 0.25) is 0 Å². The fourth-order valence-corrected chi connectivity index (χ4v) is 5.19. The van der Waals surface area contributed by atoms with E-state index in [2.05, 4.69) is 35.4 Å². The molecule has 2 aliphatic rings. The van der Waals surface area contributed by atoms with E-state index in [0.717, 1.165) is 6.42 Å². The number of nitrogens with zero attached hydrogens (tertiary/aromatic N) is 3. The van der Waals surface area contributed by atoms with E-state index in [0.29, 0.717) is 6.04 Å². The highest BCUT2D eigenvalue weighted by molar-refractivity contribution is 5.78. The first-order valence-corrected chi connectivity index (χ1v) is 11.0. The molecular weight excluding hydrogens is 318 g/mol. The van der Waals surface area contributed by atoms with Crippen LogP contribution in [-0.4, -0.2) is 34.1 Å². The highest BCUT2D eigenvalue weighted by atomic mass is 15.1. The van der Waals surface area contributed by atoms with Crippen molar-refractivity contribution in [1.82, 2.24) is 14.5 Å². The van der Waals surface area contributed by atoms with Crippen LogP contribution < -0.4 is 0 Å². The maximum Gasteiger partial charge on any atom is 0.106 e. The summed E-state index contributed by atoms with van der Waals surface area (Å²) >= 11 is 0. The Labute approximate surface area is 158 Å². The molecule has 3 heteroatoms. The summed E-state index contributed by atoms with van der Waals surface area (Å²) in [5.74, 6) is 1.21. The quantitative estimate of drug-likeness (QED) is 0.618. The average Bonchev–Trinajstić information content (AvgIpc) is 3.38. The van der Waals surface area contributed by atoms with Gasteiger partial charge in [-0.1, -0.05) is 19.8 Å². The number of hydrogen-bond acceptors (Lipinski definition) is 2. The third-order valence-corrected chi connectivity index (χ3v) is 6.63. The Kier molecular flexibility index (Phi) is 5.63. The largest absolute Gasteiger partial charge is 0.325 e. The van der Waals surface area contributed by atoms with Crippen molar-refractivity contribution in [3.05, 3.63) is 29.1 Å². The van der Waals surface area contributed by atoms with Crippen LogP contribution in [0.15, 0.2) is 12.1 Å². The molecule has 4 rings (SSSR count). The molecule has 1 aliphatic carbocycles. The lowest BCUT2D eigenvalue weighted by Crippen LogP contribution is -2.20. The minimum absolute atomic E-state index is 0.677. The molecule has 2 aromatic rings. The van der Waals surface area contributed by atoms with Crippen LogP contribution >= 0.6 is 0 Å². The third kappa shape index (κ3) is 3.69. The molecule has 2 heterocycles. The number of aromatic nitrogens is 2. The molecule has 0 bridgehead atoms. The fourth-order valence-electron chi connectivity index (χ4n) is 5.19. The van der Waals surface area contributed by atoms with Crippen LogP contribution in [0.25, 0.3) is 11.0 Å². The zero-order chi connectivity index (χ0) is 17.9. The smallest absolute Gasteiger partial charge is 0.106 e. The van der Waals surface area contributed by atoms with E-state index in [-0.39, 0.29) is 0 Å². The summed E-state index contributed by atoms with van der Waals surface area (Å²) in [6.45, 7) is 8.44. The lowest BCUT2D eigenvalue weighted by Gasteiger charge is -2.16. The number of fused-ring (bicyclic) bond motifs is 1. The summed E-state index contributed by atoms with van der Waals surface area (Å²) in [5, 5.41) is 0. The van der Waals surface area contributed by atoms with Crippen LogP contribution in [0.1, 0.15) is 81.3 Å². The van der Waals surface area contributed by atoms with Gasteiger partial charge >= 0.3 is 0 Å². The van der Waals surface area contributed by atoms with Crippen molar-refractivity contribution in [3.8, 4) is 0 Å². The van der Waals surface area contributed by atoms with Gasteiger partial charge in [0, 0.05) is 6.04 Å². The number of likely N-dealkylation sites (tertiary alicyclic amines) is 1. The SMILES string of the molecule is CCc1cc2c(cc1CCCCN1CCCC1)nc(C)n2C1CCCC1. The summed E-state index contributed by atoms with van der Waals surface area (Å²) < 4.78 is 2.54. The maximum absolute atomic E-state index is 4.94. The average molecular weight is 354 g/mol. The van der Waals surface area contributed by atoms with Crippen molar-refractivity contribution in [2.45, 2.75) is 84.1 Å². The Morgan fingerprint density at radius 3 is 2.50 bits per heavy atom. The predicted molar refractivity (Wildman–Crippen MR) is 110 cm³/mol. The van der Waals surface area contributed by atoms with Crippen molar-refractivity contribution < 1.29 is 0 Å². The van der Waals surface area contributed by atoms with Crippen molar-refractivity contribution in [3.63, 3.8) is 0 Å². The number of benzene rings is 1. The lowest BCUT2D eigenvalue weighted by molar-refractivity contribution is 0.330. The van der Waals surface area contributed by atoms with E-state index in [4.69, 9.17) is 4.98 Å². The normalized spacial score (nSPS) is 19.2. The molecule has 1 saturated heterocycles. The minimum atomic E-state index is 0.677. The number of hydrogen-bond donors (Lipinski definition) is 0. The van der Waals surface area contributed by atoms with Gasteiger partial charge in [-0.05, 0) is 101 Å². The molecular formula is C23H35N3. The topological polar surface area (TPSA) is 21.1 Å². The summed E-state index contributed by atoms with van der Waals surface area (Å²) in [5.41, 5.74) is 5.68. The van der Waals surface area contributed by atoms with Gasteiger partial charge in [0.15, 0.2) is 0 Å². The Morgan fingerprint density at radius 1 is 1.00 bits per heavy atom. The van der Waals surface area contributed by atoms with Crippen LogP contribution in [0.3, 0.4) is 0 Å². The van der Waals surface area contributed by atoms with Gasteiger partial charge in [0.25, 0.3) is 0 Å². The summed E-state index contributed by atoms with van der Waals surface area (Å²) in [6.07, 6.45) is 13.2. The van der Waals surface area contributed by atoms with Crippen LogP contribution in [0.4, 0.5) is 0 Å². The van der Waals surface area contributed by atoms with Crippen molar-refractivity contribution in [1.29, 1.82) is 0 Å².